The molecule has 2 heterocycles. The van der Waals surface area contributed by atoms with Gasteiger partial charge in [0.1, 0.15) is 6.54 Å². The van der Waals surface area contributed by atoms with Crippen LogP contribution in [0.1, 0.15) is 31.2 Å². The van der Waals surface area contributed by atoms with Gasteiger partial charge in [0.05, 0.1) is 5.69 Å². The lowest BCUT2D eigenvalue weighted by molar-refractivity contribution is -0.135. The second-order valence-electron chi connectivity index (χ2n) is 7.99. The van der Waals surface area contributed by atoms with Crippen molar-refractivity contribution >= 4 is 40.9 Å². The lowest BCUT2D eigenvalue weighted by Crippen LogP contribution is -2.51. The molecule has 162 valence electrons. The molecule has 0 bridgehead atoms. The number of amides is 3. The van der Waals surface area contributed by atoms with E-state index in [0.29, 0.717) is 18.8 Å². The molecule has 2 aromatic carbocycles. The SMILES string of the molecule is Cc1ccccc1NC(=O)CN1C(=O)[C@H](C(=O)N2CCCCCC2)Sc2ccccc21. The van der Waals surface area contributed by atoms with Crippen molar-refractivity contribution in [2.24, 2.45) is 0 Å². The van der Waals surface area contributed by atoms with E-state index in [-0.39, 0.29) is 24.3 Å². The molecule has 0 radical (unpaired) electrons. The molecule has 6 nitrogen and oxygen atoms in total. The van der Waals surface area contributed by atoms with Crippen molar-refractivity contribution in [2.75, 3.05) is 29.9 Å². The highest BCUT2D eigenvalue weighted by Gasteiger charge is 2.40. The second kappa shape index (κ2) is 9.56. The van der Waals surface area contributed by atoms with Crippen molar-refractivity contribution in [3.8, 4) is 0 Å². The summed E-state index contributed by atoms with van der Waals surface area (Å²) in [5.41, 5.74) is 2.35. The summed E-state index contributed by atoms with van der Waals surface area (Å²) < 4.78 is 0. The van der Waals surface area contributed by atoms with Crippen LogP contribution >= 0.6 is 11.8 Å². The van der Waals surface area contributed by atoms with Crippen LogP contribution in [0.3, 0.4) is 0 Å². The van der Waals surface area contributed by atoms with E-state index in [1.165, 1.54) is 16.7 Å². The number of nitrogens with zero attached hydrogens (tertiary/aromatic N) is 2. The van der Waals surface area contributed by atoms with Gasteiger partial charge in [0.15, 0.2) is 5.25 Å². The first-order chi connectivity index (χ1) is 15.0. The summed E-state index contributed by atoms with van der Waals surface area (Å²) in [7, 11) is 0. The molecule has 1 atom stereocenters. The molecule has 0 aromatic heterocycles. The summed E-state index contributed by atoms with van der Waals surface area (Å²) in [5.74, 6) is -0.751. The van der Waals surface area contributed by atoms with Gasteiger partial charge in [-0.1, -0.05) is 43.2 Å². The largest absolute Gasteiger partial charge is 0.341 e. The number of anilines is 2. The van der Waals surface area contributed by atoms with E-state index in [4.69, 9.17) is 0 Å². The Balaban J connectivity index is 1.55. The third-order valence-corrected chi connectivity index (χ3v) is 6.99. The number of benzene rings is 2. The molecule has 1 saturated heterocycles. The minimum Gasteiger partial charge on any atom is -0.341 e. The average molecular weight is 438 g/mol. The van der Waals surface area contributed by atoms with Gasteiger partial charge < -0.3 is 15.1 Å². The van der Waals surface area contributed by atoms with E-state index >= 15 is 0 Å². The van der Waals surface area contributed by atoms with Gasteiger partial charge in [-0.25, -0.2) is 0 Å². The smallest absolute Gasteiger partial charge is 0.250 e. The summed E-state index contributed by atoms with van der Waals surface area (Å²) in [4.78, 5) is 43.6. The van der Waals surface area contributed by atoms with Crippen LogP contribution in [0.4, 0.5) is 11.4 Å². The number of rotatable bonds is 4. The summed E-state index contributed by atoms with van der Waals surface area (Å²) in [5, 5.41) is 2.04. The molecule has 31 heavy (non-hydrogen) atoms. The highest BCUT2D eigenvalue weighted by atomic mass is 32.2. The summed E-state index contributed by atoms with van der Waals surface area (Å²) in [6.07, 6.45) is 4.17. The van der Waals surface area contributed by atoms with Gasteiger partial charge in [0.2, 0.25) is 11.8 Å². The molecule has 4 rings (SSSR count). The third kappa shape index (κ3) is 4.77. The first-order valence-corrected chi connectivity index (χ1v) is 11.6. The molecular weight excluding hydrogens is 410 g/mol. The fourth-order valence-corrected chi connectivity index (χ4v) is 5.23. The summed E-state index contributed by atoms with van der Waals surface area (Å²) in [6.45, 7) is 3.18. The molecule has 0 spiro atoms. The topological polar surface area (TPSA) is 69.7 Å². The van der Waals surface area contributed by atoms with Crippen LogP contribution in [0.5, 0.6) is 0 Å². The molecule has 2 aromatic rings. The van der Waals surface area contributed by atoms with E-state index in [2.05, 4.69) is 5.32 Å². The number of thioether (sulfide) groups is 1. The van der Waals surface area contributed by atoms with Crippen molar-refractivity contribution < 1.29 is 14.4 Å². The van der Waals surface area contributed by atoms with Crippen LogP contribution in [0.25, 0.3) is 0 Å². The molecule has 7 heteroatoms. The molecule has 0 saturated carbocycles. The molecule has 3 amide bonds. The van der Waals surface area contributed by atoms with Crippen LogP contribution in [-0.4, -0.2) is 47.5 Å². The number of nitrogens with one attached hydrogen (secondary N) is 1. The Kier molecular flexibility index (Phi) is 6.61. The summed E-state index contributed by atoms with van der Waals surface area (Å²) >= 11 is 1.30. The van der Waals surface area contributed by atoms with Gasteiger partial charge in [-0.2, -0.15) is 0 Å². The predicted molar refractivity (Wildman–Crippen MR) is 123 cm³/mol. The zero-order valence-electron chi connectivity index (χ0n) is 17.7. The van der Waals surface area contributed by atoms with Crippen molar-refractivity contribution in [3.05, 3.63) is 54.1 Å². The predicted octanol–water partition coefficient (Wildman–Crippen LogP) is 3.84. The molecule has 0 unspecified atom stereocenters. The minimum absolute atomic E-state index is 0.130. The quantitative estimate of drug-likeness (QED) is 0.738. The third-order valence-electron chi connectivity index (χ3n) is 5.75. The fraction of sp³-hybridized carbons (Fsp3) is 0.375. The molecule has 0 aliphatic carbocycles. The zero-order chi connectivity index (χ0) is 21.8. The second-order valence-corrected chi connectivity index (χ2v) is 9.14. The molecule has 1 N–H and O–H groups in total. The number of aryl methyl sites for hydroxylation is 1. The highest BCUT2D eigenvalue weighted by Crippen LogP contribution is 2.39. The van der Waals surface area contributed by atoms with E-state index in [9.17, 15) is 14.4 Å². The van der Waals surface area contributed by atoms with Gasteiger partial charge >= 0.3 is 0 Å². The van der Waals surface area contributed by atoms with Crippen molar-refractivity contribution in [2.45, 2.75) is 42.8 Å². The molecule has 1 fully saturated rings. The Morgan fingerprint density at radius 3 is 2.42 bits per heavy atom. The maximum atomic E-state index is 13.4. The normalized spacial score (nSPS) is 18.9. The van der Waals surface area contributed by atoms with Crippen LogP contribution in [-0.2, 0) is 14.4 Å². The number of fused-ring (bicyclic) bond motifs is 1. The maximum Gasteiger partial charge on any atom is 0.250 e. The zero-order valence-corrected chi connectivity index (χ0v) is 18.5. The first-order valence-electron chi connectivity index (χ1n) is 10.8. The minimum atomic E-state index is -0.848. The number of para-hydroxylation sites is 2. The van der Waals surface area contributed by atoms with Crippen LogP contribution in [0.2, 0.25) is 0 Å². The number of carbonyl (C=O) groups is 3. The molecular formula is C24H27N3O3S. The van der Waals surface area contributed by atoms with E-state index in [1.807, 2.05) is 60.4 Å². The Hall–Kier alpha value is -2.80. The molecule has 2 aliphatic heterocycles. The Bertz CT molecular complexity index is 986. The van der Waals surface area contributed by atoms with E-state index in [1.54, 1.807) is 0 Å². The maximum absolute atomic E-state index is 13.4. The lowest BCUT2D eigenvalue weighted by Gasteiger charge is -2.34. The van der Waals surface area contributed by atoms with Gasteiger partial charge in [-0.05, 0) is 43.5 Å². The Morgan fingerprint density at radius 1 is 1.00 bits per heavy atom. The Labute approximate surface area is 187 Å². The van der Waals surface area contributed by atoms with Gasteiger partial charge in [-0.3, -0.25) is 14.4 Å². The van der Waals surface area contributed by atoms with Gasteiger partial charge in [-0.15, -0.1) is 11.8 Å². The van der Waals surface area contributed by atoms with E-state index < -0.39 is 5.25 Å². The Morgan fingerprint density at radius 2 is 1.68 bits per heavy atom. The van der Waals surface area contributed by atoms with Gasteiger partial charge in [0, 0.05) is 23.7 Å². The highest BCUT2D eigenvalue weighted by molar-refractivity contribution is 8.01. The lowest BCUT2D eigenvalue weighted by atomic mass is 10.2. The number of likely N-dealkylation sites (tertiary alicyclic amines) is 1. The number of hydrogen-bond donors (Lipinski definition) is 1. The number of carbonyl (C=O) groups excluding carboxylic acids is 3. The monoisotopic (exact) mass is 437 g/mol. The molecule has 2 aliphatic rings. The van der Waals surface area contributed by atoms with E-state index in [0.717, 1.165) is 41.8 Å². The standard InChI is InChI=1S/C24H27N3O3S/c1-17-10-4-5-11-18(17)25-21(28)16-27-19-12-6-7-13-20(19)31-22(24(27)30)23(29)26-14-8-2-3-9-15-26/h4-7,10-13,22H,2-3,8-9,14-16H2,1H3,(H,25,28)/t22-/m0/s1. The van der Waals surface area contributed by atoms with Crippen LogP contribution < -0.4 is 10.2 Å². The fourth-order valence-electron chi connectivity index (χ4n) is 4.04. The summed E-state index contributed by atoms with van der Waals surface area (Å²) in [6, 6.07) is 15.0. The average Bonchev–Trinajstić information content (AvgIpc) is 3.06. The van der Waals surface area contributed by atoms with Gasteiger partial charge in [0.25, 0.3) is 5.91 Å². The number of hydrogen-bond acceptors (Lipinski definition) is 4. The van der Waals surface area contributed by atoms with Crippen LogP contribution in [0.15, 0.2) is 53.4 Å². The first kappa shape index (κ1) is 21.4. The van der Waals surface area contributed by atoms with Crippen LogP contribution in [0, 0.1) is 6.92 Å². The van der Waals surface area contributed by atoms with Crippen molar-refractivity contribution in [1.82, 2.24) is 4.90 Å². The van der Waals surface area contributed by atoms with Crippen molar-refractivity contribution in [3.63, 3.8) is 0 Å². The van der Waals surface area contributed by atoms with Crippen molar-refractivity contribution in [1.29, 1.82) is 0 Å².